The number of nitro benzene ring substituents is 1. The van der Waals surface area contributed by atoms with Crippen LogP contribution in [0, 0.1) is 16.0 Å². The van der Waals surface area contributed by atoms with Crippen molar-refractivity contribution >= 4 is 11.6 Å². The Bertz CT molecular complexity index is 516. The summed E-state index contributed by atoms with van der Waals surface area (Å²) in [5.74, 6) is -0.0576. The van der Waals surface area contributed by atoms with Gasteiger partial charge in [-0.15, -0.1) is 0 Å². The average molecular weight is 296 g/mol. The highest BCUT2D eigenvalue weighted by atomic mass is 16.6. The van der Waals surface area contributed by atoms with E-state index < -0.39 is 16.9 Å². The van der Waals surface area contributed by atoms with Gasteiger partial charge in [-0.2, -0.15) is 0 Å². The summed E-state index contributed by atoms with van der Waals surface area (Å²) in [5, 5.41) is 23.1. The summed E-state index contributed by atoms with van der Waals surface area (Å²) in [6.45, 7) is 4.09. The van der Waals surface area contributed by atoms with Crippen LogP contribution in [0.1, 0.15) is 30.6 Å². The third-order valence-electron chi connectivity index (χ3n) is 2.88. The number of hydrogen-bond donors (Lipinski definition) is 2. The van der Waals surface area contributed by atoms with Crippen molar-refractivity contribution in [2.75, 3.05) is 13.7 Å². The molecule has 1 amide bonds. The molecule has 0 heterocycles. The largest absolute Gasteiger partial charge is 0.490 e. The predicted octanol–water partition coefficient (Wildman–Crippen LogP) is 1.74. The van der Waals surface area contributed by atoms with Crippen LogP contribution < -0.4 is 10.1 Å². The second-order valence-electron chi connectivity index (χ2n) is 5.14. The SMILES string of the molecule is COc1cc(C(=O)NCC(O)CC(C)C)ccc1[N+](=O)[O-]. The Balaban J connectivity index is 2.73. The van der Waals surface area contributed by atoms with E-state index in [1.165, 1.54) is 25.3 Å². The summed E-state index contributed by atoms with van der Waals surface area (Å²) in [6, 6.07) is 3.88. The van der Waals surface area contributed by atoms with Gasteiger partial charge in [0.25, 0.3) is 5.91 Å². The number of nitrogens with zero attached hydrogens (tertiary/aromatic N) is 1. The number of carbonyl (C=O) groups excluding carboxylic acids is 1. The van der Waals surface area contributed by atoms with Gasteiger partial charge in [0.2, 0.25) is 0 Å². The Kier molecular flexibility index (Phi) is 6.10. The number of methoxy groups -OCH3 is 1. The molecule has 0 fully saturated rings. The normalized spacial score (nSPS) is 12.0. The lowest BCUT2D eigenvalue weighted by Gasteiger charge is -2.14. The summed E-state index contributed by atoms with van der Waals surface area (Å²) in [4.78, 5) is 22.1. The molecule has 0 bridgehead atoms. The van der Waals surface area contributed by atoms with E-state index in [1.54, 1.807) is 0 Å². The summed E-state index contributed by atoms with van der Waals surface area (Å²) in [5.41, 5.74) is 0.0445. The molecule has 7 nitrogen and oxygen atoms in total. The predicted molar refractivity (Wildman–Crippen MR) is 77.4 cm³/mol. The van der Waals surface area contributed by atoms with Crippen molar-refractivity contribution in [3.8, 4) is 5.75 Å². The number of nitrogens with one attached hydrogen (secondary N) is 1. The summed E-state index contributed by atoms with van der Waals surface area (Å²) < 4.78 is 4.90. The van der Waals surface area contributed by atoms with Crippen molar-refractivity contribution in [1.82, 2.24) is 5.32 Å². The summed E-state index contributed by atoms with van der Waals surface area (Å²) >= 11 is 0. The van der Waals surface area contributed by atoms with Crippen LogP contribution in [0.4, 0.5) is 5.69 Å². The molecule has 1 aromatic carbocycles. The highest BCUT2D eigenvalue weighted by molar-refractivity contribution is 5.95. The molecule has 1 aromatic rings. The first-order valence-electron chi connectivity index (χ1n) is 6.63. The number of rotatable bonds is 7. The lowest BCUT2D eigenvalue weighted by atomic mass is 10.1. The van der Waals surface area contributed by atoms with E-state index in [1.807, 2.05) is 13.8 Å². The van der Waals surface area contributed by atoms with Gasteiger partial charge >= 0.3 is 5.69 Å². The topological polar surface area (TPSA) is 102 Å². The minimum absolute atomic E-state index is 0.0235. The highest BCUT2D eigenvalue weighted by Crippen LogP contribution is 2.27. The molecule has 0 aliphatic rings. The second kappa shape index (κ2) is 7.58. The maximum Gasteiger partial charge on any atom is 0.310 e. The van der Waals surface area contributed by atoms with Gasteiger partial charge in [-0.3, -0.25) is 14.9 Å². The Morgan fingerprint density at radius 2 is 2.14 bits per heavy atom. The van der Waals surface area contributed by atoms with E-state index in [9.17, 15) is 20.0 Å². The molecule has 1 unspecified atom stereocenters. The Labute approximate surface area is 123 Å². The first kappa shape index (κ1) is 16.9. The lowest BCUT2D eigenvalue weighted by molar-refractivity contribution is -0.385. The molecule has 0 saturated carbocycles. The first-order chi connectivity index (χ1) is 9.85. The molecular weight excluding hydrogens is 276 g/mol. The molecule has 7 heteroatoms. The number of ether oxygens (including phenoxy) is 1. The molecule has 1 atom stereocenters. The lowest BCUT2D eigenvalue weighted by Crippen LogP contribution is -2.32. The van der Waals surface area contributed by atoms with Crippen LogP contribution in [0.15, 0.2) is 18.2 Å². The molecule has 0 spiro atoms. The number of amides is 1. The van der Waals surface area contributed by atoms with Crippen LogP contribution in [0.5, 0.6) is 5.75 Å². The maximum absolute atomic E-state index is 11.9. The molecular formula is C14H20N2O5. The highest BCUT2D eigenvalue weighted by Gasteiger charge is 2.18. The van der Waals surface area contributed by atoms with E-state index in [0.29, 0.717) is 12.3 Å². The molecule has 21 heavy (non-hydrogen) atoms. The van der Waals surface area contributed by atoms with Crippen molar-refractivity contribution in [3.63, 3.8) is 0 Å². The Morgan fingerprint density at radius 1 is 1.48 bits per heavy atom. The van der Waals surface area contributed by atoms with Gasteiger partial charge in [0.15, 0.2) is 5.75 Å². The standard InChI is InChI=1S/C14H20N2O5/c1-9(2)6-11(17)8-15-14(18)10-4-5-12(16(19)20)13(7-10)21-3/h4-5,7,9,11,17H,6,8H2,1-3H3,(H,15,18). The first-order valence-corrected chi connectivity index (χ1v) is 6.63. The maximum atomic E-state index is 11.9. The number of aliphatic hydroxyl groups is 1. The zero-order valence-electron chi connectivity index (χ0n) is 12.3. The fraction of sp³-hybridized carbons (Fsp3) is 0.500. The van der Waals surface area contributed by atoms with E-state index in [-0.39, 0.29) is 23.5 Å². The van der Waals surface area contributed by atoms with Gasteiger partial charge in [0.05, 0.1) is 18.1 Å². The van der Waals surface area contributed by atoms with Crippen molar-refractivity contribution in [3.05, 3.63) is 33.9 Å². The van der Waals surface area contributed by atoms with Gasteiger partial charge in [-0.25, -0.2) is 0 Å². The van der Waals surface area contributed by atoms with Crippen LogP contribution in [0.2, 0.25) is 0 Å². The molecule has 0 saturated heterocycles. The van der Waals surface area contributed by atoms with Crippen LogP contribution in [-0.4, -0.2) is 35.7 Å². The van der Waals surface area contributed by atoms with Crippen molar-refractivity contribution in [2.45, 2.75) is 26.4 Å². The molecule has 0 aromatic heterocycles. The van der Waals surface area contributed by atoms with Crippen LogP contribution in [0.25, 0.3) is 0 Å². The second-order valence-corrected chi connectivity index (χ2v) is 5.14. The van der Waals surface area contributed by atoms with Crippen molar-refractivity contribution < 1.29 is 19.6 Å². The molecule has 2 N–H and O–H groups in total. The Hall–Kier alpha value is -2.15. The number of benzene rings is 1. The number of carbonyl (C=O) groups is 1. The van der Waals surface area contributed by atoms with E-state index in [0.717, 1.165) is 0 Å². The van der Waals surface area contributed by atoms with Crippen molar-refractivity contribution in [1.29, 1.82) is 0 Å². The molecule has 1 rings (SSSR count). The minimum atomic E-state index is -0.617. The van der Waals surface area contributed by atoms with Crippen LogP contribution in [-0.2, 0) is 0 Å². The average Bonchev–Trinajstić information content (AvgIpc) is 2.43. The number of hydrogen-bond acceptors (Lipinski definition) is 5. The number of nitro groups is 1. The smallest absolute Gasteiger partial charge is 0.310 e. The van der Waals surface area contributed by atoms with Crippen LogP contribution >= 0.6 is 0 Å². The van der Waals surface area contributed by atoms with Gasteiger partial charge in [0.1, 0.15) is 0 Å². The van der Waals surface area contributed by atoms with Gasteiger partial charge < -0.3 is 15.2 Å². The minimum Gasteiger partial charge on any atom is -0.490 e. The van der Waals surface area contributed by atoms with Crippen LogP contribution in [0.3, 0.4) is 0 Å². The third-order valence-corrected chi connectivity index (χ3v) is 2.88. The van der Waals surface area contributed by atoms with Gasteiger partial charge in [0, 0.05) is 24.2 Å². The van der Waals surface area contributed by atoms with E-state index in [2.05, 4.69) is 5.32 Å². The fourth-order valence-electron chi connectivity index (χ4n) is 1.91. The summed E-state index contributed by atoms with van der Waals surface area (Å²) in [7, 11) is 1.30. The van der Waals surface area contributed by atoms with E-state index in [4.69, 9.17) is 4.74 Å². The quantitative estimate of drug-likeness (QED) is 0.589. The molecule has 116 valence electrons. The summed E-state index contributed by atoms with van der Waals surface area (Å²) in [6.07, 6.45) is -0.0296. The van der Waals surface area contributed by atoms with Gasteiger partial charge in [-0.05, 0) is 18.4 Å². The number of aliphatic hydroxyl groups excluding tert-OH is 1. The molecule has 0 radical (unpaired) electrons. The van der Waals surface area contributed by atoms with Crippen molar-refractivity contribution in [2.24, 2.45) is 5.92 Å². The monoisotopic (exact) mass is 296 g/mol. The zero-order chi connectivity index (χ0) is 16.0. The Morgan fingerprint density at radius 3 is 2.67 bits per heavy atom. The molecule has 0 aliphatic heterocycles. The van der Waals surface area contributed by atoms with Gasteiger partial charge in [-0.1, -0.05) is 13.8 Å². The van der Waals surface area contributed by atoms with E-state index >= 15 is 0 Å². The third kappa shape index (κ3) is 5.03. The fourth-order valence-corrected chi connectivity index (χ4v) is 1.91. The molecule has 0 aliphatic carbocycles. The zero-order valence-corrected chi connectivity index (χ0v) is 12.3.